The van der Waals surface area contributed by atoms with E-state index in [1.54, 1.807) is 11.8 Å². The van der Waals surface area contributed by atoms with Crippen LogP contribution in [0.3, 0.4) is 0 Å². The van der Waals surface area contributed by atoms with Crippen LogP contribution in [0.4, 0.5) is 11.4 Å². The monoisotopic (exact) mass is 357 g/mol. The summed E-state index contributed by atoms with van der Waals surface area (Å²) in [5.74, 6) is 0. The Morgan fingerprint density at radius 1 is 0.783 bits per heavy atom. The summed E-state index contributed by atoms with van der Waals surface area (Å²) in [6.45, 7) is 0.713. The van der Waals surface area contributed by atoms with Crippen LogP contribution in [0.2, 0.25) is 10.0 Å². The fourth-order valence-electron chi connectivity index (χ4n) is 2.77. The topological polar surface area (TPSA) is 3.24 Å². The first-order valence-corrected chi connectivity index (χ1v) is 8.87. The van der Waals surface area contributed by atoms with Crippen LogP contribution in [0.25, 0.3) is 0 Å². The van der Waals surface area contributed by atoms with Crippen LogP contribution in [0.5, 0.6) is 0 Å². The van der Waals surface area contributed by atoms with E-state index in [0.29, 0.717) is 6.54 Å². The molecule has 0 unspecified atom stereocenters. The number of hydrogen-bond donors (Lipinski definition) is 0. The van der Waals surface area contributed by atoms with E-state index in [0.717, 1.165) is 21.3 Å². The van der Waals surface area contributed by atoms with Crippen molar-refractivity contribution in [2.75, 3.05) is 4.90 Å². The standard InChI is InChI=1S/C19H13Cl2NS/c20-14-9-10-19-17(11-14)22(12-13-5-1-2-6-15(13)21)16-7-3-4-8-18(16)23-19/h1-11H,12H2. The second kappa shape index (κ2) is 6.12. The molecule has 0 bridgehead atoms. The summed E-state index contributed by atoms with van der Waals surface area (Å²) >= 11 is 14.4. The fraction of sp³-hybridized carbons (Fsp3) is 0.0526. The quantitative estimate of drug-likeness (QED) is 0.496. The van der Waals surface area contributed by atoms with Crippen molar-refractivity contribution in [3.8, 4) is 0 Å². The van der Waals surface area contributed by atoms with Gasteiger partial charge in [0, 0.05) is 26.4 Å². The molecule has 0 saturated heterocycles. The lowest BCUT2D eigenvalue weighted by Crippen LogP contribution is -2.20. The summed E-state index contributed by atoms with van der Waals surface area (Å²) in [4.78, 5) is 4.74. The maximum absolute atomic E-state index is 6.37. The maximum atomic E-state index is 6.37. The van der Waals surface area contributed by atoms with E-state index in [-0.39, 0.29) is 0 Å². The maximum Gasteiger partial charge on any atom is 0.0570 e. The van der Waals surface area contributed by atoms with Gasteiger partial charge in [-0.25, -0.2) is 0 Å². The molecule has 114 valence electrons. The van der Waals surface area contributed by atoms with Crippen molar-refractivity contribution in [3.63, 3.8) is 0 Å². The highest BCUT2D eigenvalue weighted by molar-refractivity contribution is 7.99. The largest absolute Gasteiger partial charge is 0.335 e. The normalized spacial score (nSPS) is 12.7. The molecule has 0 spiro atoms. The number of anilines is 2. The summed E-state index contributed by atoms with van der Waals surface area (Å²) in [5, 5.41) is 1.53. The molecule has 1 heterocycles. The van der Waals surface area contributed by atoms with E-state index < -0.39 is 0 Å². The Hall–Kier alpha value is -1.61. The zero-order chi connectivity index (χ0) is 15.8. The molecule has 0 aromatic heterocycles. The van der Waals surface area contributed by atoms with Gasteiger partial charge in [0.2, 0.25) is 0 Å². The first kappa shape index (κ1) is 14.9. The Morgan fingerprint density at radius 3 is 2.39 bits per heavy atom. The zero-order valence-electron chi connectivity index (χ0n) is 12.2. The van der Waals surface area contributed by atoms with Gasteiger partial charge in [0.05, 0.1) is 11.4 Å². The zero-order valence-corrected chi connectivity index (χ0v) is 14.5. The Labute approximate surface area is 149 Å². The Balaban J connectivity index is 1.85. The molecule has 1 aliphatic rings. The predicted octanol–water partition coefficient (Wildman–Crippen LogP) is 6.80. The minimum Gasteiger partial charge on any atom is -0.335 e. The molecule has 4 rings (SSSR count). The van der Waals surface area contributed by atoms with Crippen molar-refractivity contribution in [2.24, 2.45) is 0 Å². The highest BCUT2D eigenvalue weighted by atomic mass is 35.5. The third-order valence-corrected chi connectivity index (χ3v) is 5.61. The van der Waals surface area contributed by atoms with Gasteiger partial charge in [-0.05, 0) is 42.0 Å². The molecule has 0 fully saturated rings. The van der Waals surface area contributed by atoms with Gasteiger partial charge in [-0.15, -0.1) is 0 Å². The van der Waals surface area contributed by atoms with Gasteiger partial charge in [0.15, 0.2) is 0 Å². The lowest BCUT2D eigenvalue weighted by atomic mass is 10.1. The summed E-state index contributed by atoms with van der Waals surface area (Å²) in [7, 11) is 0. The van der Waals surface area contributed by atoms with Gasteiger partial charge in [-0.2, -0.15) is 0 Å². The third-order valence-electron chi connectivity index (χ3n) is 3.87. The van der Waals surface area contributed by atoms with Crippen molar-refractivity contribution in [1.29, 1.82) is 0 Å². The third kappa shape index (κ3) is 2.83. The lowest BCUT2D eigenvalue weighted by Gasteiger charge is -2.33. The van der Waals surface area contributed by atoms with Gasteiger partial charge >= 0.3 is 0 Å². The SMILES string of the molecule is Clc1ccc2c(c1)N(Cc1ccccc1Cl)c1ccccc1S2. The van der Waals surface area contributed by atoms with Crippen molar-refractivity contribution in [3.05, 3.63) is 82.3 Å². The molecule has 0 N–H and O–H groups in total. The van der Waals surface area contributed by atoms with Crippen LogP contribution in [0, 0.1) is 0 Å². The first-order valence-electron chi connectivity index (χ1n) is 7.30. The van der Waals surface area contributed by atoms with Crippen LogP contribution in [-0.2, 0) is 6.54 Å². The molecule has 23 heavy (non-hydrogen) atoms. The molecule has 0 radical (unpaired) electrons. The van der Waals surface area contributed by atoms with Gasteiger partial charge in [-0.3, -0.25) is 0 Å². The van der Waals surface area contributed by atoms with Crippen LogP contribution < -0.4 is 4.90 Å². The highest BCUT2D eigenvalue weighted by Gasteiger charge is 2.24. The lowest BCUT2D eigenvalue weighted by molar-refractivity contribution is 0.938. The molecule has 0 saturated carbocycles. The van der Waals surface area contributed by atoms with Crippen molar-refractivity contribution in [2.45, 2.75) is 16.3 Å². The molecule has 1 aliphatic heterocycles. The van der Waals surface area contributed by atoms with Gasteiger partial charge in [0.25, 0.3) is 0 Å². The Kier molecular flexibility index (Phi) is 3.98. The molecule has 0 atom stereocenters. The summed E-state index contributed by atoms with van der Waals surface area (Å²) in [6, 6.07) is 22.4. The van der Waals surface area contributed by atoms with Crippen molar-refractivity contribution >= 4 is 46.3 Å². The van der Waals surface area contributed by atoms with Gasteiger partial charge < -0.3 is 4.90 Å². The number of rotatable bonds is 2. The molecule has 3 aromatic rings. The second-order valence-corrected chi connectivity index (χ2v) is 7.29. The van der Waals surface area contributed by atoms with E-state index >= 15 is 0 Å². The van der Waals surface area contributed by atoms with Crippen LogP contribution in [-0.4, -0.2) is 0 Å². The van der Waals surface area contributed by atoms with E-state index in [2.05, 4.69) is 41.3 Å². The molecule has 0 amide bonds. The smallest absolute Gasteiger partial charge is 0.0570 e. The van der Waals surface area contributed by atoms with Crippen molar-refractivity contribution in [1.82, 2.24) is 0 Å². The Morgan fingerprint density at radius 2 is 1.52 bits per heavy atom. The average Bonchev–Trinajstić information content (AvgIpc) is 2.57. The minimum atomic E-state index is 0.713. The van der Waals surface area contributed by atoms with E-state index in [1.807, 2.05) is 30.3 Å². The van der Waals surface area contributed by atoms with Gasteiger partial charge in [0.1, 0.15) is 0 Å². The minimum absolute atomic E-state index is 0.713. The summed E-state index contributed by atoms with van der Waals surface area (Å²) in [5.41, 5.74) is 3.41. The van der Waals surface area contributed by atoms with Gasteiger partial charge in [-0.1, -0.05) is 65.3 Å². The molecule has 0 aliphatic carbocycles. The van der Waals surface area contributed by atoms with E-state index in [9.17, 15) is 0 Å². The number of para-hydroxylation sites is 1. The molecule has 3 aromatic carbocycles. The number of halogens is 2. The first-order chi connectivity index (χ1) is 11.2. The Bertz CT molecular complexity index is 879. The average molecular weight is 358 g/mol. The summed E-state index contributed by atoms with van der Waals surface area (Å²) < 4.78 is 0. The number of nitrogens with zero attached hydrogens (tertiary/aromatic N) is 1. The van der Waals surface area contributed by atoms with E-state index in [4.69, 9.17) is 23.2 Å². The number of benzene rings is 3. The predicted molar refractivity (Wildman–Crippen MR) is 99.3 cm³/mol. The van der Waals surface area contributed by atoms with Crippen LogP contribution >= 0.6 is 35.0 Å². The van der Waals surface area contributed by atoms with Crippen LogP contribution in [0.15, 0.2) is 76.5 Å². The molecular formula is C19H13Cl2NS. The molecule has 4 heteroatoms. The number of hydrogen-bond acceptors (Lipinski definition) is 2. The number of fused-ring (bicyclic) bond motifs is 2. The van der Waals surface area contributed by atoms with Crippen LogP contribution in [0.1, 0.15) is 5.56 Å². The highest BCUT2D eigenvalue weighted by Crippen LogP contribution is 2.49. The van der Waals surface area contributed by atoms with E-state index in [1.165, 1.54) is 15.5 Å². The fourth-order valence-corrected chi connectivity index (χ4v) is 4.21. The molecular weight excluding hydrogens is 345 g/mol. The van der Waals surface area contributed by atoms with Crippen molar-refractivity contribution < 1.29 is 0 Å². The molecule has 1 nitrogen and oxygen atoms in total. The summed E-state index contributed by atoms with van der Waals surface area (Å²) in [6.07, 6.45) is 0. The second-order valence-electron chi connectivity index (χ2n) is 5.36.